The van der Waals surface area contributed by atoms with Crippen molar-refractivity contribution in [1.82, 2.24) is 5.32 Å². The number of hydrogen-bond acceptors (Lipinski definition) is 4. The topological polar surface area (TPSA) is 66.4 Å². The highest BCUT2D eigenvalue weighted by atomic mass is 32.1. The highest BCUT2D eigenvalue weighted by Gasteiger charge is 2.16. The minimum absolute atomic E-state index is 0.0611. The lowest BCUT2D eigenvalue weighted by Gasteiger charge is -2.11. The molecular formula is C16H15NO3S2. The molecule has 0 saturated heterocycles. The zero-order valence-electron chi connectivity index (χ0n) is 12.0. The Morgan fingerprint density at radius 1 is 1.23 bits per heavy atom. The second-order valence-electron chi connectivity index (χ2n) is 5.21. The monoisotopic (exact) mass is 333 g/mol. The Bertz CT molecular complexity index is 849. The fraction of sp³-hybridized carbons (Fsp3) is 0.250. The van der Waals surface area contributed by atoms with Gasteiger partial charge in [0.2, 0.25) is 0 Å². The predicted molar refractivity (Wildman–Crippen MR) is 91.0 cm³/mol. The molecule has 1 amide bonds. The zero-order chi connectivity index (χ0) is 15.7. The fourth-order valence-corrected chi connectivity index (χ4v) is 4.75. The molecule has 0 fully saturated rings. The van der Waals surface area contributed by atoms with Crippen molar-refractivity contribution in [3.63, 3.8) is 0 Å². The highest BCUT2D eigenvalue weighted by Crippen LogP contribution is 2.39. The van der Waals surface area contributed by atoms with Gasteiger partial charge in [0, 0.05) is 27.2 Å². The first kappa shape index (κ1) is 15.0. The predicted octanol–water partition coefficient (Wildman–Crippen LogP) is 4.10. The van der Waals surface area contributed by atoms with Crippen LogP contribution in [0.25, 0.3) is 19.5 Å². The highest BCUT2D eigenvalue weighted by molar-refractivity contribution is 7.33. The molecule has 0 aliphatic rings. The molecule has 0 aliphatic carbocycles. The number of thiophene rings is 2. The van der Waals surface area contributed by atoms with Gasteiger partial charge in [-0.25, -0.2) is 0 Å². The molecule has 1 unspecified atom stereocenters. The first-order valence-electron chi connectivity index (χ1n) is 6.98. The second-order valence-corrected chi connectivity index (χ2v) is 7.35. The van der Waals surface area contributed by atoms with E-state index in [0.29, 0.717) is 11.3 Å². The number of carboxylic acid groups (broad SMARTS) is 1. The number of benzene rings is 1. The van der Waals surface area contributed by atoms with Crippen LogP contribution < -0.4 is 5.32 Å². The van der Waals surface area contributed by atoms with Gasteiger partial charge in [-0.15, -0.1) is 22.7 Å². The molecule has 4 nitrogen and oxygen atoms in total. The summed E-state index contributed by atoms with van der Waals surface area (Å²) in [6.45, 7) is 1.83. The molecule has 22 heavy (non-hydrogen) atoms. The molecule has 6 heteroatoms. The van der Waals surface area contributed by atoms with Crippen LogP contribution in [0.3, 0.4) is 0 Å². The van der Waals surface area contributed by atoms with Crippen LogP contribution in [-0.4, -0.2) is 23.0 Å². The van der Waals surface area contributed by atoms with Crippen molar-refractivity contribution in [3.05, 3.63) is 35.2 Å². The van der Waals surface area contributed by atoms with Crippen LogP contribution in [0.5, 0.6) is 0 Å². The van der Waals surface area contributed by atoms with E-state index in [1.54, 1.807) is 11.3 Å². The normalized spacial score (nSPS) is 12.6. The molecular weight excluding hydrogens is 318 g/mol. The van der Waals surface area contributed by atoms with Crippen LogP contribution in [0, 0.1) is 0 Å². The standard InChI is InChI=1S/C16H15NO3S2/c1-9(6-7-14(18)19)17-16(20)13-8-12-15(22-13)10-4-2-3-5-11(10)21-12/h2-5,8-9H,6-7H2,1H3,(H,17,20)(H,18,19). The van der Waals surface area contributed by atoms with Gasteiger partial charge >= 0.3 is 5.97 Å². The van der Waals surface area contributed by atoms with Gasteiger partial charge < -0.3 is 10.4 Å². The zero-order valence-corrected chi connectivity index (χ0v) is 13.6. The van der Waals surface area contributed by atoms with E-state index in [1.807, 2.05) is 25.1 Å². The fourth-order valence-electron chi connectivity index (χ4n) is 2.32. The summed E-state index contributed by atoms with van der Waals surface area (Å²) in [5.74, 6) is -0.973. The summed E-state index contributed by atoms with van der Waals surface area (Å²) in [5, 5.41) is 12.7. The Morgan fingerprint density at radius 3 is 2.77 bits per heavy atom. The summed E-state index contributed by atoms with van der Waals surface area (Å²) < 4.78 is 3.49. The largest absolute Gasteiger partial charge is 0.481 e. The van der Waals surface area contributed by atoms with Gasteiger partial charge in [-0.2, -0.15) is 0 Å². The lowest BCUT2D eigenvalue weighted by atomic mass is 10.2. The Hall–Kier alpha value is -1.92. The molecule has 1 aromatic carbocycles. The van der Waals surface area contributed by atoms with Gasteiger partial charge in [0.1, 0.15) is 0 Å². The van der Waals surface area contributed by atoms with Gasteiger partial charge in [-0.3, -0.25) is 9.59 Å². The maximum atomic E-state index is 12.3. The molecule has 0 spiro atoms. The number of carbonyl (C=O) groups excluding carboxylic acids is 1. The average Bonchev–Trinajstić information content (AvgIpc) is 3.02. The van der Waals surface area contributed by atoms with Gasteiger partial charge in [-0.1, -0.05) is 18.2 Å². The van der Waals surface area contributed by atoms with Crippen molar-refractivity contribution in [2.45, 2.75) is 25.8 Å². The van der Waals surface area contributed by atoms with E-state index < -0.39 is 5.97 Å². The van der Waals surface area contributed by atoms with Gasteiger partial charge in [0.05, 0.1) is 9.58 Å². The van der Waals surface area contributed by atoms with Crippen molar-refractivity contribution >= 4 is 54.0 Å². The maximum absolute atomic E-state index is 12.3. The van der Waals surface area contributed by atoms with E-state index in [4.69, 9.17) is 5.11 Å². The average molecular weight is 333 g/mol. The minimum atomic E-state index is -0.843. The third-order valence-electron chi connectivity index (χ3n) is 3.44. The Balaban J connectivity index is 1.78. The summed E-state index contributed by atoms with van der Waals surface area (Å²) in [7, 11) is 0. The van der Waals surface area contributed by atoms with Crippen molar-refractivity contribution in [2.75, 3.05) is 0 Å². The molecule has 0 saturated carbocycles. The number of carbonyl (C=O) groups is 2. The summed E-state index contributed by atoms with van der Waals surface area (Å²) >= 11 is 3.18. The van der Waals surface area contributed by atoms with Crippen LogP contribution in [0.2, 0.25) is 0 Å². The van der Waals surface area contributed by atoms with E-state index in [2.05, 4.69) is 17.4 Å². The van der Waals surface area contributed by atoms with Crippen molar-refractivity contribution in [1.29, 1.82) is 0 Å². The van der Waals surface area contributed by atoms with E-state index in [1.165, 1.54) is 21.4 Å². The molecule has 1 atom stereocenters. The van der Waals surface area contributed by atoms with E-state index in [0.717, 1.165) is 9.40 Å². The summed E-state index contributed by atoms with van der Waals surface area (Å²) in [6.07, 6.45) is 0.495. The smallest absolute Gasteiger partial charge is 0.303 e. The van der Waals surface area contributed by atoms with Crippen molar-refractivity contribution < 1.29 is 14.7 Å². The SMILES string of the molecule is CC(CCC(=O)O)NC(=O)c1cc2sc3ccccc3c2s1. The number of fused-ring (bicyclic) bond motifs is 3. The van der Waals surface area contributed by atoms with E-state index in [-0.39, 0.29) is 18.4 Å². The van der Waals surface area contributed by atoms with Crippen LogP contribution >= 0.6 is 22.7 Å². The number of carboxylic acids is 1. The summed E-state index contributed by atoms with van der Waals surface area (Å²) in [6, 6.07) is 9.94. The Morgan fingerprint density at radius 2 is 2.00 bits per heavy atom. The molecule has 3 aromatic rings. The molecule has 3 rings (SSSR count). The van der Waals surface area contributed by atoms with Crippen molar-refractivity contribution in [3.8, 4) is 0 Å². The molecule has 0 bridgehead atoms. The number of amides is 1. The molecule has 114 valence electrons. The number of rotatable bonds is 5. The Kier molecular flexibility index (Phi) is 4.13. The van der Waals surface area contributed by atoms with E-state index >= 15 is 0 Å². The van der Waals surface area contributed by atoms with E-state index in [9.17, 15) is 9.59 Å². The molecule has 2 N–H and O–H groups in total. The molecule has 0 radical (unpaired) electrons. The number of nitrogens with one attached hydrogen (secondary N) is 1. The number of aliphatic carboxylic acids is 1. The summed E-state index contributed by atoms with van der Waals surface area (Å²) in [4.78, 5) is 23.5. The van der Waals surface area contributed by atoms with Crippen LogP contribution in [-0.2, 0) is 4.79 Å². The van der Waals surface area contributed by atoms with Gasteiger partial charge in [-0.05, 0) is 25.5 Å². The van der Waals surface area contributed by atoms with Crippen LogP contribution in [0.1, 0.15) is 29.4 Å². The second kappa shape index (κ2) is 6.06. The molecule has 2 heterocycles. The van der Waals surface area contributed by atoms with Gasteiger partial charge in [0.15, 0.2) is 0 Å². The van der Waals surface area contributed by atoms with Crippen molar-refractivity contribution in [2.24, 2.45) is 0 Å². The lowest BCUT2D eigenvalue weighted by molar-refractivity contribution is -0.137. The first-order chi connectivity index (χ1) is 10.5. The maximum Gasteiger partial charge on any atom is 0.303 e. The quantitative estimate of drug-likeness (QED) is 0.739. The minimum Gasteiger partial charge on any atom is -0.481 e. The van der Waals surface area contributed by atoms with Gasteiger partial charge in [0.25, 0.3) is 5.91 Å². The summed E-state index contributed by atoms with van der Waals surface area (Å²) in [5.41, 5.74) is 0. The van der Waals surface area contributed by atoms with Crippen LogP contribution in [0.15, 0.2) is 30.3 Å². The third kappa shape index (κ3) is 2.98. The third-order valence-corrected chi connectivity index (χ3v) is 5.86. The Labute approximate surface area is 135 Å². The molecule has 0 aliphatic heterocycles. The number of hydrogen-bond donors (Lipinski definition) is 2. The van der Waals surface area contributed by atoms with Crippen LogP contribution in [0.4, 0.5) is 0 Å². The lowest BCUT2D eigenvalue weighted by Crippen LogP contribution is -2.32. The molecule has 2 aromatic heterocycles. The first-order valence-corrected chi connectivity index (χ1v) is 8.61.